The minimum absolute atomic E-state index is 0.106. The van der Waals surface area contributed by atoms with E-state index in [2.05, 4.69) is 45.6 Å². The third kappa shape index (κ3) is 3.30. The Bertz CT molecular complexity index is 421. The Balaban J connectivity index is 2.14. The first-order valence-corrected chi connectivity index (χ1v) is 7.87. The third-order valence-corrected chi connectivity index (χ3v) is 4.54. The summed E-state index contributed by atoms with van der Waals surface area (Å²) >= 11 is 3.53. The molecule has 1 saturated heterocycles. The molecule has 1 aromatic rings. The van der Waals surface area contributed by atoms with Gasteiger partial charge in [0.25, 0.3) is 0 Å². The van der Waals surface area contributed by atoms with Crippen LogP contribution >= 0.6 is 15.9 Å². The van der Waals surface area contributed by atoms with Crippen molar-refractivity contribution in [2.45, 2.75) is 32.9 Å². The summed E-state index contributed by atoms with van der Waals surface area (Å²) in [5.74, 6) is 0. The van der Waals surface area contributed by atoms with E-state index >= 15 is 0 Å². The molecule has 0 spiro atoms. The Labute approximate surface area is 124 Å². The lowest BCUT2D eigenvalue weighted by atomic mass is 10.1. The Morgan fingerprint density at radius 3 is 2.74 bits per heavy atom. The summed E-state index contributed by atoms with van der Waals surface area (Å²) in [5, 5.41) is 9.48. The molecule has 1 atom stereocenters. The molecular weight excluding hydrogens is 304 g/mol. The summed E-state index contributed by atoms with van der Waals surface area (Å²) in [7, 11) is 0. The largest absolute Gasteiger partial charge is 0.392 e. The Morgan fingerprint density at radius 2 is 2.11 bits per heavy atom. The Kier molecular flexibility index (Phi) is 5.25. The second-order valence-corrected chi connectivity index (χ2v) is 5.96. The highest BCUT2D eigenvalue weighted by Crippen LogP contribution is 2.29. The van der Waals surface area contributed by atoms with Gasteiger partial charge in [-0.25, -0.2) is 0 Å². The van der Waals surface area contributed by atoms with Crippen molar-refractivity contribution >= 4 is 21.6 Å². The van der Waals surface area contributed by atoms with E-state index in [4.69, 9.17) is 0 Å². The SMILES string of the molecule is CCN(CC)C1CCN(c2cc(Br)ccc2CO)C1. The van der Waals surface area contributed by atoms with E-state index in [0.717, 1.165) is 36.2 Å². The van der Waals surface area contributed by atoms with Crippen LogP contribution in [0.3, 0.4) is 0 Å². The molecule has 3 nitrogen and oxygen atoms in total. The van der Waals surface area contributed by atoms with Crippen LogP contribution in [0.15, 0.2) is 22.7 Å². The quantitative estimate of drug-likeness (QED) is 0.901. The number of hydrogen-bond acceptors (Lipinski definition) is 3. The Hall–Kier alpha value is -0.580. The molecule has 2 rings (SSSR count). The number of anilines is 1. The first kappa shape index (κ1) is 14.8. The first-order chi connectivity index (χ1) is 9.19. The topological polar surface area (TPSA) is 26.7 Å². The molecule has 1 unspecified atom stereocenters. The molecule has 0 saturated carbocycles. The molecule has 106 valence electrons. The number of likely N-dealkylation sites (N-methyl/N-ethyl adjacent to an activating group) is 1. The maximum atomic E-state index is 9.48. The van der Waals surface area contributed by atoms with Crippen LogP contribution in [-0.4, -0.2) is 42.2 Å². The van der Waals surface area contributed by atoms with Crippen LogP contribution in [0.5, 0.6) is 0 Å². The average Bonchev–Trinajstić information content (AvgIpc) is 2.89. The van der Waals surface area contributed by atoms with Crippen LogP contribution in [-0.2, 0) is 6.61 Å². The van der Waals surface area contributed by atoms with Gasteiger partial charge in [0.05, 0.1) is 6.61 Å². The van der Waals surface area contributed by atoms with Crippen molar-refractivity contribution in [3.05, 3.63) is 28.2 Å². The molecule has 1 aromatic carbocycles. The fourth-order valence-corrected chi connectivity index (χ4v) is 3.31. The van der Waals surface area contributed by atoms with Crippen LogP contribution in [0.4, 0.5) is 5.69 Å². The summed E-state index contributed by atoms with van der Waals surface area (Å²) in [4.78, 5) is 4.93. The first-order valence-electron chi connectivity index (χ1n) is 7.07. The molecule has 19 heavy (non-hydrogen) atoms. The summed E-state index contributed by atoms with van der Waals surface area (Å²) in [5.41, 5.74) is 2.19. The van der Waals surface area contributed by atoms with E-state index in [9.17, 15) is 5.11 Å². The average molecular weight is 327 g/mol. The zero-order valence-electron chi connectivity index (χ0n) is 11.8. The highest BCUT2D eigenvalue weighted by Gasteiger charge is 2.27. The van der Waals surface area contributed by atoms with Gasteiger partial charge in [0.1, 0.15) is 0 Å². The van der Waals surface area contributed by atoms with Crippen LogP contribution in [0, 0.1) is 0 Å². The van der Waals surface area contributed by atoms with Gasteiger partial charge in [0.15, 0.2) is 0 Å². The minimum atomic E-state index is 0.106. The lowest BCUT2D eigenvalue weighted by Crippen LogP contribution is -2.37. The highest BCUT2D eigenvalue weighted by molar-refractivity contribution is 9.10. The number of benzene rings is 1. The van der Waals surface area contributed by atoms with Crippen LogP contribution in [0.2, 0.25) is 0 Å². The van der Waals surface area contributed by atoms with Gasteiger partial charge in [-0.15, -0.1) is 0 Å². The van der Waals surface area contributed by atoms with Gasteiger partial charge in [-0.05, 0) is 31.6 Å². The molecule has 1 aliphatic heterocycles. The molecule has 1 aliphatic rings. The molecule has 1 N–H and O–H groups in total. The van der Waals surface area contributed by atoms with E-state index in [-0.39, 0.29) is 6.61 Å². The van der Waals surface area contributed by atoms with Crippen molar-refractivity contribution in [3.63, 3.8) is 0 Å². The molecule has 0 aromatic heterocycles. The van der Waals surface area contributed by atoms with E-state index in [1.165, 1.54) is 12.1 Å². The van der Waals surface area contributed by atoms with Gasteiger partial charge in [-0.2, -0.15) is 0 Å². The fourth-order valence-electron chi connectivity index (χ4n) is 2.96. The summed E-state index contributed by atoms with van der Waals surface area (Å²) in [6.45, 7) is 8.92. The van der Waals surface area contributed by atoms with Crippen LogP contribution in [0.25, 0.3) is 0 Å². The molecule has 1 heterocycles. The normalized spacial score (nSPS) is 19.4. The van der Waals surface area contributed by atoms with Gasteiger partial charge in [0, 0.05) is 34.9 Å². The number of nitrogens with zero attached hydrogens (tertiary/aromatic N) is 2. The molecule has 0 bridgehead atoms. The Morgan fingerprint density at radius 1 is 1.37 bits per heavy atom. The van der Waals surface area contributed by atoms with E-state index in [0.29, 0.717) is 6.04 Å². The molecular formula is C15H23BrN2O. The number of halogens is 1. The second kappa shape index (κ2) is 6.73. The number of hydrogen-bond donors (Lipinski definition) is 1. The van der Waals surface area contributed by atoms with Gasteiger partial charge >= 0.3 is 0 Å². The van der Waals surface area contributed by atoms with Crippen molar-refractivity contribution in [1.29, 1.82) is 0 Å². The number of aliphatic hydroxyl groups excluding tert-OH is 1. The maximum Gasteiger partial charge on any atom is 0.0702 e. The molecule has 0 amide bonds. The lowest BCUT2D eigenvalue weighted by molar-refractivity contribution is 0.232. The van der Waals surface area contributed by atoms with E-state index in [1.807, 2.05) is 12.1 Å². The molecule has 4 heteroatoms. The van der Waals surface area contributed by atoms with Crippen molar-refractivity contribution < 1.29 is 5.11 Å². The zero-order valence-corrected chi connectivity index (χ0v) is 13.4. The monoisotopic (exact) mass is 326 g/mol. The second-order valence-electron chi connectivity index (χ2n) is 5.04. The van der Waals surface area contributed by atoms with E-state index < -0.39 is 0 Å². The minimum Gasteiger partial charge on any atom is -0.392 e. The lowest BCUT2D eigenvalue weighted by Gasteiger charge is -2.27. The smallest absolute Gasteiger partial charge is 0.0702 e. The van der Waals surface area contributed by atoms with Gasteiger partial charge in [-0.1, -0.05) is 35.8 Å². The summed E-state index contributed by atoms with van der Waals surface area (Å²) < 4.78 is 1.07. The van der Waals surface area contributed by atoms with Gasteiger partial charge in [-0.3, -0.25) is 4.90 Å². The molecule has 0 aliphatic carbocycles. The number of aliphatic hydroxyl groups is 1. The maximum absolute atomic E-state index is 9.48. The van der Waals surface area contributed by atoms with Crippen molar-refractivity contribution in [2.24, 2.45) is 0 Å². The summed E-state index contributed by atoms with van der Waals surface area (Å²) in [6, 6.07) is 6.76. The van der Waals surface area contributed by atoms with Gasteiger partial charge < -0.3 is 10.0 Å². The molecule has 0 radical (unpaired) electrons. The predicted molar refractivity (Wildman–Crippen MR) is 83.6 cm³/mol. The van der Waals surface area contributed by atoms with E-state index in [1.54, 1.807) is 0 Å². The highest BCUT2D eigenvalue weighted by atomic mass is 79.9. The molecule has 1 fully saturated rings. The third-order valence-electron chi connectivity index (χ3n) is 4.05. The number of rotatable bonds is 5. The predicted octanol–water partition coefficient (Wildman–Crippen LogP) is 2.86. The van der Waals surface area contributed by atoms with Crippen molar-refractivity contribution in [2.75, 3.05) is 31.1 Å². The van der Waals surface area contributed by atoms with Gasteiger partial charge in [0.2, 0.25) is 0 Å². The zero-order chi connectivity index (χ0) is 13.8. The van der Waals surface area contributed by atoms with Crippen LogP contribution in [0.1, 0.15) is 25.8 Å². The standard InChI is InChI=1S/C15H23BrN2O/c1-3-17(4-2)14-7-8-18(10-14)15-9-13(16)6-5-12(15)11-19/h5-6,9,14,19H,3-4,7-8,10-11H2,1-2H3. The van der Waals surface area contributed by atoms with Crippen molar-refractivity contribution in [3.8, 4) is 0 Å². The summed E-state index contributed by atoms with van der Waals surface area (Å²) in [6.07, 6.45) is 1.21. The fraction of sp³-hybridized carbons (Fsp3) is 0.600. The van der Waals surface area contributed by atoms with Crippen LogP contribution < -0.4 is 4.90 Å². The van der Waals surface area contributed by atoms with Crippen molar-refractivity contribution in [1.82, 2.24) is 4.90 Å².